The Kier molecular flexibility index (Phi) is 3.97. The topological polar surface area (TPSA) is 93.1 Å². The minimum Gasteiger partial charge on any atom is -0.347 e. The summed E-state index contributed by atoms with van der Waals surface area (Å²) in [4.78, 5) is 9.60. The zero-order valence-corrected chi connectivity index (χ0v) is 13.5. The summed E-state index contributed by atoms with van der Waals surface area (Å²) in [6.45, 7) is 4.47. The number of nitriles is 1. The Morgan fingerprint density at radius 1 is 1.50 bits per heavy atom. The number of hydrogen-bond donors (Lipinski definition) is 1. The van der Waals surface area contributed by atoms with Gasteiger partial charge in [0, 0.05) is 32.0 Å². The lowest BCUT2D eigenvalue weighted by atomic mass is 10.2. The molecule has 22 heavy (non-hydrogen) atoms. The molecule has 0 amide bonds. The van der Waals surface area contributed by atoms with Crippen molar-refractivity contribution in [3.8, 4) is 6.07 Å². The molecule has 0 radical (unpaired) electrons. The van der Waals surface area contributed by atoms with Crippen LogP contribution < -0.4 is 0 Å². The summed E-state index contributed by atoms with van der Waals surface area (Å²) in [5, 5.41) is 9.14. The number of nitrogens with zero attached hydrogens (tertiary/aromatic N) is 4. The van der Waals surface area contributed by atoms with Crippen LogP contribution in [-0.4, -0.2) is 59.5 Å². The predicted octanol–water partition coefficient (Wildman–Crippen LogP) is 0.722. The van der Waals surface area contributed by atoms with Crippen LogP contribution >= 0.6 is 0 Å². The Morgan fingerprint density at radius 3 is 2.82 bits per heavy atom. The summed E-state index contributed by atoms with van der Waals surface area (Å²) >= 11 is 0. The molecule has 1 aromatic rings. The highest BCUT2D eigenvalue weighted by molar-refractivity contribution is 7.89. The number of aromatic amines is 1. The third-order valence-electron chi connectivity index (χ3n) is 4.64. The number of rotatable bonds is 5. The molecule has 7 nitrogen and oxygen atoms in total. The highest BCUT2D eigenvalue weighted by atomic mass is 32.2. The first kappa shape index (κ1) is 15.5. The molecule has 2 fully saturated rings. The first-order valence-electron chi connectivity index (χ1n) is 7.62. The van der Waals surface area contributed by atoms with Crippen LogP contribution in [-0.2, 0) is 10.0 Å². The van der Waals surface area contributed by atoms with Crippen molar-refractivity contribution < 1.29 is 8.42 Å². The van der Waals surface area contributed by atoms with E-state index in [2.05, 4.69) is 27.9 Å². The summed E-state index contributed by atoms with van der Waals surface area (Å²) in [6.07, 6.45) is 4.83. The number of nitrogens with one attached hydrogen (secondary N) is 1. The molecule has 0 spiro atoms. The molecule has 1 aliphatic carbocycles. The second-order valence-electron chi connectivity index (χ2n) is 6.13. The van der Waals surface area contributed by atoms with Crippen molar-refractivity contribution in [2.75, 3.05) is 31.9 Å². The molecule has 1 N–H and O–H groups in total. The third-order valence-corrected chi connectivity index (χ3v) is 6.67. The molecule has 3 rings (SSSR count). The van der Waals surface area contributed by atoms with Gasteiger partial charge in [0.05, 0.1) is 23.3 Å². The van der Waals surface area contributed by atoms with Crippen LogP contribution in [0.25, 0.3) is 0 Å². The largest absolute Gasteiger partial charge is 0.347 e. The van der Waals surface area contributed by atoms with E-state index in [1.807, 2.05) is 0 Å². The number of imidazole rings is 1. The van der Waals surface area contributed by atoms with Gasteiger partial charge in [-0.15, -0.1) is 0 Å². The predicted molar refractivity (Wildman–Crippen MR) is 81.2 cm³/mol. The van der Waals surface area contributed by atoms with Gasteiger partial charge in [0.25, 0.3) is 0 Å². The number of aromatic nitrogens is 2. The lowest BCUT2D eigenvalue weighted by molar-refractivity contribution is 0.119. The van der Waals surface area contributed by atoms with Gasteiger partial charge in [0.15, 0.2) is 0 Å². The number of H-pyrrole nitrogens is 1. The van der Waals surface area contributed by atoms with Crippen molar-refractivity contribution in [1.82, 2.24) is 19.2 Å². The number of sulfonamides is 1. The average molecular weight is 323 g/mol. The van der Waals surface area contributed by atoms with Crippen LogP contribution in [0, 0.1) is 16.7 Å². The van der Waals surface area contributed by atoms with E-state index < -0.39 is 15.4 Å². The maximum absolute atomic E-state index is 12.6. The minimum absolute atomic E-state index is 0.0481. The molecule has 1 atom stereocenters. The van der Waals surface area contributed by atoms with E-state index in [4.69, 9.17) is 5.26 Å². The molecule has 1 saturated carbocycles. The van der Waals surface area contributed by atoms with Crippen LogP contribution in [0.1, 0.15) is 31.6 Å². The number of piperazine rings is 1. The molecule has 1 saturated heterocycles. The van der Waals surface area contributed by atoms with Gasteiger partial charge in [-0.2, -0.15) is 9.57 Å². The molecule has 2 heterocycles. The van der Waals surface area contributed by atoms with E-state index in [-0.39, 0.29) is 11.8 Å². The Bertz CT molecular complexity index is 660. The second-order valence-corrected chi connectivity index (χ2v) is 8.09. The van der Waals surface area contributed by atoms with Gasteiger partial charge in [-0.3, -0.25) is 4.90 Å². The van der Waals surface area contributed by atoms with Crippen molar-refractivity contribution in [3.05, 3.63) is 18.2 Å². The van der Waals surface area contributed by atoms with E-state index in [1.165, 1.54) is 4.31 Å². The molecular weight excluding hydrogens is 302 g/mol. The maximum Gasteiger partial charge on any atom is 0.215 e. The van der Waals surface area contributed by atoms with E-state index in [0.29, 0.717) is 32.5 Å². The summed E-state index contributed by atoms with van der Waals surface area (Å²) in [6, 6.07) is 2.12. The zero-order chi connectivity index (χ0) is 15.8. The standard InChI is InChI=1S/C14H21N5O2S/c1-2-18-7-8-19(9-12(18)13-16-5-6-17-13)22(20,21)11-14(10-15)3-4-14/h5-6,12H,2-4,7-9,11H2,1H3,(H,16,17)/t12-/m1/s1. The Morgan fingerprint density at radius 2 is 2.27 bits per heavy atom. The van der Waals surface area contributed by atoms with Crippen molar-refractivity contribution in [2.24, 2.45) is 5.41 Å². The van der Waals surface area contributed by atoms with E-state index in [0.717, 1.165) is 12.4 Å². The van der Waals surface area contributed by atoms with Crippen LogP contribution in [0.4, 0.5) is 0 Å². The molecule has 1 aromatic heterocycles. The van der Waals surface area contributed by atoms with Gasteiger partial charge in [-0.05, 0) is 19.4 Å². The fraction of sp³-hybridized carbons (Fsp3) is 0.714. The molecule has 2 aliphatic rings. The summed E-state index contributed by atoms with van der Waals surface area (Å²) < 4.78 is 26.8. The quantitative estimate of drug-likeness (QED) is 0.862. The lowest BCUT2D eigenvalue weighted by Crippen LogP contribution is -2.51. The van der Waals surface area contributed by atoms with Crippen molar-refractivity contribution >= 4 is 10.0 Å². The molecule has 0 bridgehead atoms. The maximum atomic E-state index is 12.6. The normalized spacial score (nSPS) is 25.7. The average Bonchev–Trinajstić information content (AvgIpc) is 3.07. The Labute approximate surface area is 131 Å². The minimum atomic E-state index is -3.40. The molecule has 1 aliphatic heterocycles. The molecular formula is C14H21N5O2S. The second kappa shape index (κ2) is 5.65. The molecule has 0 aromatic carbocycles. The van der Waals surface area contributed by atoms with Crippen LogP contribution in [0.15, 0.2) is 12.4 Å². The van der Waals surface area contributed by atoms with Gasteiger partial charge < -0.3 is 4.98 Å². The molecule has 8 heteroatoms. The van der Waals surface area contributed by atoms with Crippen LogP contribution in [0.5, 0.6) is 0 Å². The van der Waals surface area contributed by atoms with E-state index >= 15 is 0 Å². The van der Waals surface area contributed by atoms with Crippen molar-refractivity contribution in [2.45, 2.75) is 25.8 Å². The van der Waals surface area contributed by atoms with Crippen LogP contribution in [0.3, 0.4) is 0 Å². The number of hydrogen-bond acceptors (Lipinski definition) is 5. The monoisotopic (exact) mass is 323 g/mol. The summed E-state index contributed by atoms with van der Waals surface area (Å²) in [7, 11) is -3.40. The fourth-order valence-electron chi connectivity index (χ4n) is 3.03. The van der Waals surface area contributed by atoms with Crippen molar-refractivity contribution in [3.63, 3.8) is 0 Å². The first-order chi connectivity index (χ1) is 10.5. The van der Waals surface area contributed by atoms with Gasteiger partial charge in [-0.25, -0.2) is 13.4 Å². The van der Waals surface area contributed by atoms with E-state index in [1.54, 1.807) is 12.4 Å². The smallest absolute Gasteiger partial charge is 0.215 e. The van der Waals surface area contributed by atoms with Gasteiger partial charge in [0.2, 0.25) is 10.0 Å². The van der Waals surface area contributed by atoms with E-state index in [9.17, 15) is 8.42 Å². The fourth-order valence-corrected chi connectivity index (χ4v) is 4.99. The van der Waals surface area contributed by atoms with Gasteiger partial charge in [-0.1, -0.05) is 6.92 Å². The molecule has 120 valence electrons. The molecule has 0 unspecified atom stereocenters. The third kappa shape index (κ3) is 2.89. The Balaban J connectivity index is 1.77. The number of likely N-dealkylation sites (N-methyl/N-ethyl adjacent to an activating group) is 1. The SMILES string of the molecule is CCN1CCN(S(=O)(=O)CC2(C#N)CC2)C[C@@H]1c1ncc[nH]1. The summed E-state index contributed by atoms with van der Waals surface area (Å²) in [5.74, 6) is 0.746. The van der Waals surface area contributed by atoms with Crippen molar-refractivity contribution in [1.29, 1.82) is 5.26 Å². The zero-order valence-electron chi connectivity index (χ0n) is 12.7. The van der Waals surface area contributed by atoms with Gasteiger partial charge in [0.1, 0.15) is 5.82 Å². The van der Waals surface area contributed by atoms with Gasteiger partial charge >= 0.3 is 0 Å². The highest BCUT2D eigenvalue weighted by Gasteiger charge is 2.49. The summed E-state index contributed by atoms with van der Waals surface area (Å²) in [5.41, 5.74) is -0.638. The van der Waals surface area contributed by atoms with Crippen LogP contribution in [0.2, 0.25) is 0 Å². The highest BCUT2D eigenvalue weighted by Crippen LogP contribution is 2.46. The Hall–Kier alpha value is -1.43. The first-order valence-corrected chi connectivity index (χ1v) is 9.23. The lowest BCUT2D eigenvalue weighted by Gasteiger charge is -2.39.